The maximum Gasteiger partial charge on any atom is 0.214 e. The number of aromatic nitrogens is 4. The van der Waals surface area contributed by atoms with Crippen molar-refractivity contribution in [3.8, 4) is 22.1 Å². The van der Waals surface area contributed by atoms with Gasteiger partial charge in [-0.25, -0.2) is 14.6 Å². The molecular weight excluding hydrogens is 440 g/mol. The Kier molecular flexibility index (Phi) is 3.92. The second-order valence-corrected chi connectivity index (χ2v) is 8.25. The summed E-state index contributed by atoms with van der Waals surface area (Å²) >= 11 is 4.88. The van der Waals surface area contributed by atoms with Gasteiger partial charge >= 0.3 is 0 Å². The lowest BCUT2D eigenvalue weighted by Crippen LogP contribution is -2.09. The fraction of sp³-hybridized carbons (Fsp3) is 0.100. The summed E-state index contributed by atoms with van der Waals surface area (Å²) in [5, 5.41) is 5.29. The highest BCUT2D eigenvalue weighted by atomic mass is 79.9. The molecule has 8 heteroatoms. The van der Waals surface area contributed by atoms with Crippen LogP contribution in [-0.2, 0) is 0 Å². The lowest BCUT2D eigenvalue weighted by molar-refractivity contribution is 0.400. The Morgan fingerprint density at radius 1 is 1.11 bits per heavy atom. The highest BCUT2D eigenvalue weighted by molar-refractivity contribution is 9.10. The predicted octanol–water partition coefficient (Wildman–Crippen LogP) is 4.57. The highest BCUT2D eigenvalue weighted by Gasteiger charge is 2.21. The number of benzene rings is 2. The van der Waals surface area contributed by atoms with Crippen LogP contribution in [0.2, 0.25) is 0 Å². The van der Waals surface area contributed by atoms with Crippen molar-refractivity contribution in [2.45, 2.75) is 6.92 Å². The van der Waals surface area contributed by atoms with Gasteiger partial charge in [0.25, 0.3) is 0 Å². The molecule has 0 unspecified atom stereocenters. The van der Waals surface area contributed by atoms with Crippen molar-refractivity contribution in [3.05, 3.63) is 62.9 Å². The molecule has 28 heavy (non-hydrogen) atoms. The number of hydrogen-bond acceptors (Lipinski definition) is 6. The molecule has 0 radical (unpaired) electrons. The maximum absolute atomic E-state index is 13.0. The number of rotatable bonds is 2. The predicted molar refractivity (Wildman–Crippen MR) is 114 cm³/mol. The van der Waals surface area contributed by atoms with Crippen LogP contribution in [0.25, 0.3) is 37.5 Å². The van der Waals surface area contributed by atoms with Crippen LogP contribution in [0.5, 0.6) is 5.88 Å². The van der Waals surface area contributed by atoms with E-state index in [1.807, 2.05) is 43.5 Å². The summed E-state index contributed by atoms with van der Waals surface area (Å²) in [6, 6.07) is 11.4. The van der Waals surface area contributed by atoms with Gasteiger partial charge in [0, 0.05) is 22.3 Å². The van der Waals surface area contributed by atoms with Crippen LogP contribution in [-0.4, -0.2) is 26.9 Å². The van der Waals surface area contributed by atoms with Crippen molar-refractivity contribution in [2.75, 3.05) is 7.11 Å². The first-order valence-electron chi connectivity index (χ1n) is 8.48. The number of pyridine rings is 1. The Morgan fingerprint density at radius 2 is 1.89 bits per heavy atom. The Labute approximate surface area is 171 Å². The molecule has 3 heterocycles. The Balaban J connectivity index is 1.84. The Bertz CT molecular complexity index is 1390. The number of halogens is 1. The fourth-order valence-electron chi connectivity index (χ4n) is 3.16. The average Bonchev–Trinajstić information content (AvgIpc) is 3.17. The van der Waals surface area contributed by atoms with E-state index in [9.17, 15) is 4.79 Å². The first-order valence-corrected chi connectivity index (χ1v) is 10.1. The average molecular weight is 453 g/mol. The minimum absolute atomic E-state index is 0.0846. The van der Waals surface area contributed by atoms with Gasteiger partial charge in [-0.15, -0.1) is 11.3 Å². The van der Waals surface area contributed by atoms with E-state index in [4.69, 9.17) is 9.72 Å². The third-order valence-corrected chi connectivity index (χ3v) is 6.35. The van der Waals surface area contributed by atoms with Crippen LogP contribution in [0.15, 0.2) is 51.9 Å². The molecule has 1 aliphatic heterocycles. The van der Waals surface area contributed by atoms with Gasteiger partial charge in [-0.05, 0) is 37.3 Å². The molecule has 6 nitrogen and oxygen atoms in total. The smallest absolute Gasteiger partial charge is 0.214 e. The van der Waals surface area contributed by atoms with Crippen molar-refractivity contribution in [1.29, 1.82) is 0 Å². The lowest BCUT2D eigenvalue weighted by atomic mass is 10.1. The zero-order valence-electron chi connectivity index (χ0n) is 14.9. The molecule has 0 N–H and O–H groups in total. The molecule has 3 aromatic rings. The maximum atomic E-state index is 13.0. The van der Waals surface area contributed by atoms with Crippen LogP contribution in [0.4, 0.5) is 0 Å². The van der Waals surface area contributed by atoms with E-state index >= 15 is 0 Å². The van der Waals surface area contributed by atoms with Crippen LogP contribution in [0.1, 0.15) is 5.56 Å². The van der Waals surface area contributed by atoms with E-state index in [-0.39, 0.29) is 5.43 Å². The van der Waals surface area contributed by atoms with Gasteiger partial charge in [0.2, 0.25) is 11.3 Å². The van der Waals surface area contributed by atoms with Gasteiger partial charge in [0.15, 0.2) is 0 Å². The molecule has 1 aromatic carbocycles. The zero-order valence-corrected chi connectivity index (χ0v) is 17.3. The van der Waals surface area contributed by atoms with Gasteiger partial charge in [-0.2, -0.15) is 5.10 Å². The molecule has 2 aromatic heterocycles. The molecule has 138 valence electrons. The molecular formula is C20H13BrN4O2S. The molecule has 5 rings (SSSR count). The fourth-order valence-corrected chi connectivity index (χ4v) is 4.47. The first kappa shape index (κ1) is 17.3. The largest absolute Gasteiger partial charge is 0.481 e. The Morgan fingerprint density at radius 3 is 2.64 bits per heavy atom. The van der Waals surface area contributed by atoms with Crippen molar-refractivity contribution in [3.63, 3.8) is 0 Å². The molecule has 0 atom stereocenters. The summed E-state index contributed by atoms with van der Waals surface area (Å²) in [4.78, 5) is 23.8. The molecule has 0 bridgehead atoms. The van der Waals surface area contributed by atoms with Crippen molar-refractivity contribution in [1.82, 2.24) is 19.7 Å². The SMILES string of the molecule is COc1ccc2nc3c4cn(-c5ccc(Br)cc5)nc4c(=O)c(C)c-3sc2n1. The zero-order chi connectivity index (χ0) is 19.4. The molecule has 0 saturated carbocycles. The second kappa shape index (κ2) is 6.35. The van der Waals surface area contributed by atoms with Gasteiger partial charge in [-0.3, -0.25) is 4.79 Å². The van der Waals surface area contributed by atoms with E-state index in [0.29, 0.717) is 17.0 Å². The molecule has 0 spiro atoms. The summed E-state index contributed by atoms with van der Waals surface area (Å²) in [5.74, 6) is 0.522. The number of methoxy groups -OCH3 is 1. The lowest BCUT2D eigenvalue weighted by Gasteiger charge is -2.09. The van der Waals surface area contributed by atoms with Crippen LogP contribution in [0, 0.1) is 6.92 Å². The molecule has 0 saturated heterocycles. The molecule has 1 aliphatic carbocycles. The van der Waals surface area contributed by atoms with Crippen molar-refractivity contribution < 1.29 is 4.74 Å². The summed E-state index contributed by atoms with van der Waals surface area (Å²) < 4.78 is 7.91. The van der Waals surface area contributed by atoms with E-state index < -0.39 is 0 Å². The van der Waals surface area contributed by atoms with Gasteiger partial charge in [0.1, 0.15) is 15.9 Å². The Hall–Kier alpha value is -2.84. The van der Waals surface area contributed by atoms with Crippen molar-refractivity contribution >= 4 is 48.5 Å². The third-order valence-electron chi connectivity index (χ3n) is 4.63. The minimum atomic E-state index is -0.0846. The van der Waals surface area contributed by atoms with E-state index in [2.05, 4.69) is 26.0 Å². The number of ether oxygens (including phenoxy) is 1. The van der Waals surface area contributed by atoms with Gasteiger partial charge in [-0.1, -0.05) is 15.9 Å². The summed E-state index contributed by atoms with van der Waals surface area (Å²) in [6.07, 6.45) is 1.87. The van der Waals surface area contributed by atoms with E-state index in [1.54, 1.807) is 17.9 Å². The monoisotopic (exact) mass is 452 g/mol. The molecule has 2 aliphatic rings. The van der Waals surface area contributed by atoms with E-state index in [0.717, 1.165) is 36.5 Å². The molecule has 0 fully saturated rings. The van der Waals surface area contributed by atoms with Gasteiger partial charge < -0.3 is 4.74 Å². The third kappa shape index (κ3) is 2.60. The highest BCUT2D eigenvalue weighted by Crippen LogP contribution is 2.36. The van der Waals surface area contributed by atoms with Gasteiger partial charge in [0.05, 0.1) is 28.8 Å². The van der Waals surface area contributed by atoms with Crippen molar-refractivity contribution in [2.24, 2.45) is 0 Å². The number of hydrogen-bond donors (Lipinski definition) is 0. The van der Waals surface area contributed by atoms with Crippen LogP contribution < -0.4 is 10.2 Å². The molecule has 0 amide bonds. The standard InChI is InChI=1S/C20H13BrN4O2S/c1-10-18(26)16-13(9-25(24-16)12-5-3-11(21)4-6-12)17-19(10)28-20-14(22-17)7-8-15(23-20)27-2/h3-9H,1-2H3. The normalized spacial score (nSPS) is 11.5. The van der Waals surface area contributed by atoms with Crippen LogP contribution >= 0.6 is 27.3 Å². The summed E-state index contributed by atoms with van der Waals surface area (Å²) in [5.41, 5.74) is 3.37. The number of nitrogens with zero attached hydrogens (tertiary/aromatic N) is 4. The number of fused-ring (bicyclic) bond motifs is 4. The van der Waals surface area contributed by atoms with E-state index in [1.165, 1.54) is 11.3 Å². The second-order valence-electron chi connectivity index (χ2n) is 6.34. The summed E-state index contributed by atoms with van der Waals surface area (Å²) in [6.45, 7) is 1.81. The minimum Gasteiger partial charge on any atom is -0.481 e. The topological polar surface area (TPSA) is 69.9 Å². The first-order chi connectivity index (χ1) is 13.5. The summed E-state index contributed by atoms with van der Waals surface area (Å²) in [7, 11) is 1.58. The van der Waals surface area contributed by atoms with Crippen LogP contribution in [0.3, 0.4) is 0 Å². The quantitative estimate of drug-likeness (QED) is 0.366.